The fourth-order valence-corrected chi connectivity index (χ4v) is 5.61. The van der Waals surface area contributed by atoms with Gasteiger partial charge in [-0.05, 0) is 52.6 Å². The third-order valence-electron chi connectivity index (χ3n) is 8.68. The van der Waals surface area contributed by atoms with Crippen LogP contribution in [0.5, 0.6) is 0 Å². The van der Waals surface area contributed by atoms with E-state index in [9.17, 15) is 14.4 Å². The van der Waals surface area contributed by atoms with Crippen molar-refractivity contribution in [1.29, 1.82) is 0 Å². The Balaban J connectivity index is 1.38. The molecule has 3 aromatic carbocycles. The molecule has 0 fully saturated rings. The molecule has 2 amide bonds. The highest BCUT2D eigenvalue weighted by molar-refractivity contribution is 5.97. The third kappa shape index (κ3) is 11.7. The van der Waals surface area contributed by atoms with Crippen LogP contribution in [0.2, 0.25) is 0 Å². The molecular formula is C41H50N4O4. The molecular weight excluding hydrogens is 612 g/mol. The van der Waals surface area contributed by atoms with E-state index in [2.05, 4.69) is 72.6 Å². The molecule has 0 radical (unpaired) electrons. The lowest BCUT2D eigenvalue weighted by molar-refractivity contribution is -0.137. The number of hydrogen-bond acceptors (Lipinski definition) is 5. The van der Waals surface area contributed by atoms with Crippen molar-refractivity contribution >= 4 is 17.8 Å². The van der Waals surface area contributed by atoms with Crippen LogP contribution in [0, 0.1) is 0 Å². The predicted octanol–water partition coefficient (Wildman–Crippen LogP) is 7.94. The summed E-state index contributed by atoms with van der Waals surface area (Å²) in [4.78, 5) is 46.5. The van der Waals surface area contributed by atoms with Gasteiger partial charge in [0.1, 0.15) is 6.04 Å². The molecule has 8 heteroatoms. The van der Waals surface area contributed by atoms with Crippen LogP contribution in [0.3, 0.4) is 0 Å². The molecule has 0 saturated heterocycles. The molecule has 4 aromatic rings. The first kappa shape index (κ1) is 37.0. The number of carboxylic acids is 1. The molecule has 1 atom stereocenters. The molecule has 258 valence electrons. The van der Waals surface area contributed by atoms with Gasteiger partial charge < -0.3 is 15.7 Å². The summed E-state index contributed by atoms with van der Waals surface area (Å²) in [7, 11) is 0. The van der Waals surface area contributed by atoms with Crippen molar-refractivity contribution in [3.05, 3.63) is 107 Å². The number of unbranched alkanes of at least 4 members (excludes halogenated alkanes) is 5. The van der Waals surface area contributed by atoms with E-state index >= 15 is 0 Å². The first-order chi connectivity index (χ1) is 23.5. The Morgan fingerprint density at radius 2 is 1.33 bits per heavy atom. The number of carbonyl (C=O) groups is 3. The van der Waals surface area contributed by atoms with Gasteiger partial charge in [0.15, 0.2) is 5.82 Å². The van der Waals surface area contributed by atoms with E-state index in [-0.39, 0.29) is 30.7 Å². The fraction of sp³-hybridized carbons (Fsp3) is 0.390. The number of nitrogens with zero attached hydrogens (tertiary/aromatic N) is 2. The Hall–Kier alpha value is -4.85. The lowest BCUT2D eigenvalue weighted by Gasteiger charge is -2.20. The van der Waals surface area contributed by atoms with Gasteiger partial charge in [-0.2, -0.15) is 0 Å². The Morgan fingerprint density at radius 3 is 1.94 bits per heavy atom. The van der Waals surface area contributed by atoms with Crippen LogP contribution >= 0.6 is 0 Å². The standard InChI is InChI=1S/C41H50N4O4/c1-5-6-7-8-9-10-11-29-12-16-31(17-13-29)34-27-43-38(44-28-34)32-18-14-30(15-19-32)26-36(40(49)42-25-24-37(46)47)45-39(48)33-20-22-35(23-21-33)41(2,3)4/h12-23,27-28,36H,5-11,24-26H2,1-4H3,(H,42,49)(H,45,48)(H,46,47). The zero-order valence-electron chi connectivity index (χ0n) is 29.3. The van der Waals surface area contributed by atoms with Gasteiger partial charge >= 0.3 is 5.97 Å². The summed E-state index contributed by atoms with van der Waals surface area (Å²) in [5.74, 6) is -1.25. The van der Waals surface area contributed by atoms with Gasteiger partial charge in [-0.15, -0.1) is 0 Å². The minimum atomic E-state index is -1.01. The second-order valence-electron chi connectivity index (χ2n) is 13.7. The Kier molecular flexibility index (Phi) is 13.6. The average Bonchev–Trinajstić information content (AvgIpc) is 3.09. The quantitative estimate of drug-likeness (QED) is 0.0988. The molecule has 0 bridgehead atoms. The third-order valence-corrected chi connectivity index (χ3v) is 8.68. The minimum absolute atomic E-state index is 0.0313. The molecule has 4 rings (SSSR count). The zero-order chi connectivity index (χ0) is 35.2. The van der Waals surface area contributed by atoms with Crippen molar-refractivity contribution in [2.75, 3.05) is 6.54 Å². The highest BCUT2D eigenvalue weighted by atomic mass is 16.4. The number of rotatable bonds is 17. The van der Waals surface area contributed by atoms with E-state index < -0.39 is 17.9 Å². The van der Waals surface area contributed by atoms with Crippen LogP contribution < -0.4 is 10.6 Å². The van der Waals surface area contributed by atoms with E-state index in [1.807, 2.05) is 48.8 Å². The van der Waals surface area contributed by atoms with Crippen molar-refractivity contribution in [2.45, 2.75) is 96.9 Å². The van der Waals surface area contributed by atoms with Gasteiger partial charge in [0.25, 0.3) is 5.91 Å². The maximum Gasteiger partial charge on any atom is 0.305 e. The average molecular weight is 663 g/mol. The summed E-state index contributed by atoms with van der Waals surface area (Å²) < 4.78 is 0. The SMILES string of the molecule is CCCCCCCCc1ccc(-c2cnc(-c3ccc(CC(NC(=O)c4ccc(C(C)(C)C)cc4)C(=O)NCCC(=O)O)cc3)nc2)cc1. The summed E-state index contributed by atoms with van der Waals surface area (Å²) in [6.07, 6.45) is 12.5. The zero-order valence-corrected chi connectivity index (χ0v) is 29.3. The molecule has 3 N–H and O–H groups in total. The van der Waals surface area contributed by atoms with Crippen LogP contribution in [0.25, 0.3) is 22.5 Å². The number of benzene rings is 3. The van der Waals surface area contributed by atoms with Crippen LogP contribution in [0.1, 0.15) is 99.7 Å². The van der Waals surface area contributed by atoms with Crippen LogP contribution in [0.4, 0.5) is 0 Å². The van der Waals surface area contributed by atoms with Gasteiger partial charge in [0, 0.05) is 42.0 Å². The van der Waals surface area contributed by atoms with E-state index in [0.717, 1.165) is 34.2 Å². The normalized spacial score (nSPS) is 11.9. The number of aryl methyl sites for hydroxylation is 1. The van der Waals surface area contributed by atoms with Gasteiger partial charge in [-0.1, -0.05) is 120 Å². The summed E-state index contributed by atoms with van der Waals surface area (Å²) in [5, 5.41) is 14.5. The van der Waals surface area contributed by atoms with Crippen molar-refractivity contribution < 1.29 is 19.5 Å². The maximum absolute atomic E-state index is 13.2. The summed E-state index contributed by atoms with van der Waals surface area (Å²) >= 11 is 0. The van der Waals surface area contributed by atoms with Crippen molar-refractivity contribution in [1.82, 2.24) is 20.6 Å². The van der Waals surface area contributed by atoms with Crippen LogP contribution in [-0.2, 0) is 27.8 Å². The second kappa shape index (κ2) is 18.1. The maximum atomic E-state index is 13.2. The van der Waals surface area contributed by atoms with Crippen molar-refractivity contribution in [3.63, 3.8) is 0 Å². The number of nitrogens with one attached hydrogen (secondary N) is 2. The van der Waals surface area contributed by atoms with Gasteiger partial charge in [-0.3, -0.25) is 14.4 Å². The van der Waals surface area contributed by atoms with E-state index in [4.69, 9.17) is 5.11 Å². The van der Waals surface area contributed by atoms with Gasteiger partial charge in [0.2, 0.25) is 5.91 Å². The topological polar surface area (TPSA) is 121 Å². The summed E-state index contributed by atoms with van der Waals surface area (Å²) in [6.45, 7) is 8.51. The van der Waals surface area contributed by atoms with Crippen molar-refractivity contribution in [3.8, 4) is 22.5 Å². The number of carboxylic acid groups (broad SMARTS) is 1. The Bertz CT molecular complexity index is 1640. The monoisotopic (exact) mass is 662 g/mol. The summed E-state index contributed by atoms with van der Waals surface area (Å²) in [5.41, 5.74) is 6.51. The molecule has 0 saturated carbocycles. The van der Waals surface area contributed by atoms with E-state index in [1.165, 1.54) is 44.1 Å². The lowest BCUT2D eigenvalue weighted by atomic mass is 9.86. The smallest absolute Gasteiger partial charge is 0.305 e. The second-order valence-corrected chi connectivity index (χ2v) is 13.7. The lowest BCUT2D eigenvalue weighted by Crippen LogP contribution is -2.48. The molecule has 0 spiro atoms. The molecule has 49 heavy (non-hydrogen) atoms. The largest absolute Gasteiger partial charge is 0.481 e. The Morgan fingerprint density at radius 1 is 0.735 bits per heavy atom. The van der Waals surface area contributed by atoms with E-state index in [0.29, 0.717) is 11.4 Å². The number of aromatic nitrogens is 2. The minimum Gasteiger partial charge on any atom is -0.481 e. The predicted molar refractivity (Wildman–Crippen MR) is 195 cm³/mol. The van der Waals surface area contributed by atoms with Gasteiger partial charge in [0.05, 0.1) is 6.42 Å². The number of hydrogen-bond donors (Lipinski definition) is 3. The molecule has 0 aliphatic carbocycles. The molecule has 0 aliphatic heterocycles. The first-order valence-corrected chi connectivity index (χ1v) is 17.4. The molecule has 1 unspecified atom stereocenters. The molecule has 8 nitrogen and oxygen atoms in total. The van der Waals surface area contributed by atoms with Crippen molar-refractivity contribution in [2.24, 2.45) is 0 Å². The molecule has 0 aliphatic rings. The Labute approximate surface area is 290 Å². The summed E-state index contributed by atoms with van der Waals surface area (Å²) in [6, 6.07) is 22.6. The first-order valence-electron chi connectivity index (χ1n) is 17.4. The number of carbonyl (C=O) groups excluding carboxylic acids is 2. The number of aliphatic carboxylic acids is 1. The number of amides is 2. The van der Waals surface area contributed by atoms with E-state index in [1.54, 1.807) is 12.1 Å². The van der Waals surface area contributed by atoms with Gasteiger partial charge in [-0.25, -0.2) is 9.97 Å². The molecule has 1 aromatic heterocycles. The van der Waals surface area contributed by atoms with Crippen LogP contribution in [0.15, 0.2) is 85.2 Å². The fourth-order valence-electron chi connectivity index (χ4n) is 5.61. The highest BCUT2D eigenvalue weighted by Crippen LogP contribution is 2.24. The van der Waals surface area contributed by atoms with Crippen LogP contribution in [-0.4, -0.2) is 45.4 Å². The molecule has 1 heterocycles. The highest BCUT2D eigenvalue weighted by Gasteiger charge is 2.23.